The van der Waals surface area contributed by atoms with Gasteiger partial charge in [-0.2, -0.15) is 0 Å². The quantitative estimate of drug-likeness (QED) is 0.576. The number of carbonyl (C=O) groups is 1. The summed E-state index contributed by atoms with van der Waals surface area (Å²) in [4.78, 5) is 12.0. The predicted molar refractivity (Wildman–Crippen MR) is 73.8 cm³/mol. The van der Waals surface area contributed by atoms with Gasteiger partial charge in [-0.05, 0) is 37.0 Å². The molecule has 2 fully saturated rings. The van der Waals surface area contributed by atoms with E-state index in [4.69, 9.17) is 27.9 Å². The molecule has 2 nitrogen and oxygen atoms in total. The summed E-state index contributed by atoms with van der Waals surface area (Å²) in [5.41, 5.74) is 0. The normalized spacial score (nSPS) is 38.6. The fourth-order valence-corrected chi connectivity index (χ4v) is 3.44. The number of hydrogen-bond acceptors (Lipinski definition) is 2. The molecule has 0 aromatic heterocycles. The fraction of sp³-hybridized carbons (Fsp3) is 0.929. The number of hydrogen-bond donors (Lipinski definition) is 0. The Labute approximate surface area is 119 Å². The van der Waals surface area contributed by atoms with Gasteiger partial charge in [0.15, 0.2) is 0 Å². The summed E-state index contributed by atoms with van der Waals surface area (Å²) in [5.74, 6) is 1.14. The van der Waals surface area contributed by atoms with Gasteiger partial charge in [-0.1, -0.05) is 27.2 Å². The minimum absolute atomic E-state index is 0.0472. The van der Waals surface area contributed by atoms with Crippen LogP contribution in [0, 0.1) is 23.7 Å². The highest BCUT2D eigenvalue weighted by Crippen LogP contribution is 2.54. The Balaban J connectivity index is 1.94. The second-order valence-corrected chi connectivity index (χ2v) is 7.86. The highest BCUT2D eigenvalue weighted by molar-refractivity contribution is 6.52. The van der Waals surface area contributed by atoms with Gasteiger partial charge < -0.3 is 4.74 Å². The Hall–Kier alpha value is 0.0500. The molecule has 2 saturated carbocycles. The molecule has 0 saturated heterocycles. The summed E-state index contributed by atoms with van der Waals surface area (Å²) in [5, 5.41) is 0. The number of carbonyl (C=O) groups excluding carboxylic acids is 1. The zero-order valence-corrected chi connectivity index (χ0v) is 12.8. The Morgan fingerprint density at radius 1 is 1.33 bits per heavy atom. The molecule has 4 atom stereocenters. The largest absolute Gasteiger partial charge is 0.462 e. The van der Waals surface area contributed by atoms with E-state index in [9.17, 15) is 4.79 Å². The van der Waals surface area contributed by atoms with E-state index < -0.39 is 4.33 Å². The first-order chi connectivity index (χ1) is 8.31. The molecule has 0 unspecified atom stereocenters. The fourth-order valence-electron chi connectivity index (χ4n) is 2.95. The third kappa shape index (κ3) is 3.14. The van der Waals surface area contributed by atoms with Gasteiger partial charge in [0.25, 0.3) is 0 Å². The molecule has 0 amide bonds. The number of halogens is 2. The third-order valence-electron chi connectivity index (χ3n) is 4.34. The summed E-state index contributed by atoms with van der Waals surface area (Å²) in [7, 11) is 0. The lowest BCUT2D eigenvalue weighted by atomic mass is 9.75. The van der Waals surface area contributed by atoms with E-state index in [1.165, 1.54) is 6.42 Å². The molecule has 0 aromatic carbocycles. The lowest BCUT2D eigenvalue weighted by Gasteiger charge is -2.36. The third-order valence-corrected chi connectivity index (χ3v) is 5.17. The van der Waals surface area contributed by atoms with Gasteiger partial charge in [-0.3, -0.25) is 4.79 Å². The zero-order valence-electron chi connectivity index (χ0n) is 11.3. The van der Waals surface area contributed by atoms with Crippen molar-refractivity contribution in [2.75, 3.05) is 0 Å². The van der Waals surface area contributed by atoms with Crippen LogP contribution in [0.15, 0.2) is 0 Å². The molecule has 18 heavy (non-hydrogen) atoms. The van der Waals surface area contributed by atoms with Crippen molar-refractivity contribution >= 4 is 29.2 Å². The van der Waals surface area contributed by atoms with E-state index in [2.05, 4.69) is 20.8 Å². The van der Waals surface area contributed by atoms with Crippen LogP contribution in [0.5, 0.6) is 0 Å². The molecule has 0 spiro atoms. The van der Waals surface area contributed by atoms with Crippen LogP contribution in [-0.2, 0) is 9.53 Å². The van der Waals surface area contributed by atoms with Crippen molar-refractivity contribution in [3.8, 4) is 0 Å². The van der Waals surface area contributed by atoms with Gasteiger partial charge in [0.05, 0.1) is 5.92 Å². The van der Waals surface area contributed by atoms with E-state index >= 15 is 0 Å². The molecular formula is C14H22Cl2O2. The van der Waals surface area contributed by atoms with Gasteiger partial charge >= 0.3 is 5.97 Å². The van der Waals surface area contributed by atoms with E-state index in [0.717, 1.165) is 12.8 Å². The Morgan fingerprint density at radius 2 is 1.94 bits per heavy atom. The number of rotatable bonds is 3. The maximum Gasteiger partial charge on any atom is 0.312 e. The minimum atomic E-state index is -0.870. The Morgan fingerprint density at radius 3 is 2.44 bits per heavy atom. The highest BCUT2D eigenvalue weighted by atomic mass is 35.5. The predicted octanol–water partition coefficient (Wildman–Crippen LogP) is 4.18. The summed E-state index contributed by atoms with van der Waals surface area (Å²) in [6.45, 7) is 6.62. The monoisotopic (exact) mass is 292 g/mol. The van der Waals surface area contributed by atoms with Crippen molar-refractivity contribution in [3.63, 3.8) is 0 Å². The molecule has 4 heteroatoms. The van der Waals surface area contributed by atoms with E-state index in [-0.39, 0.29) is 18.0 Å². The maximum absolute atomic E-state index is 12.0. The summed E-state index contributed by atoms with van der Waals surface area (Å²) >= 11 is 11.8. The van der Waals surface area contributed by atoms with Crippen LogP contribution >= 0.6 is 23.2 Å². The first-order valence-corrected chi connectivity index (χ1v) is 7.65. The molecule has 2 aliphatic carbocycles. The topological polar surface area (TPSA) is 26.3 Å². The SMILES string of the molecule is CC(C)[C@@H]1CC[C@@H](C)C[C@H]1OC(=O)[C@@H]1CC1(Cl)Cl. The molecule has 0 radical (unpaired) electrons. The van der Waals surface area contributed by atoms with Crippen molar-refractivity contribution in [3.05, 3.63) is 0 Å². The summed E-state index contributed by atoms with van der Waals surface area (Å²) < 4.78 is 4.82. The van der Waals surface area contributed by atoms with Crippen LogP contribution in [-0.4, -0.2) is 16.4 Å². The molecule has 0 N–H and O–H groups in total. The smallest absolute Gasteiger partial charge is 0.312 e. The van der Waals surface area contributed by atoms with E-state index in [1.807, 2.05) is 0 Å². The Kier molecular flexibility index (Phi) is 4.18. The Bertz CT molecular complexity index is 328. The lowest BCUT2D eigenvalue weighted by Crippen LogP contribution is -2.36. The van der Waals surface area contributed by atoms with Crippen LogP contribution in [0.2, 0.25) is 0 Å². The molecule has 2 rings (SSSR count). The zero-order chi connectivity index (χ0) is 13.5. The van der Waals surface area contributed by atoms with E-state index in [1.54, 1.807) is 0 Å². The summed E-state index contributed by atoms with van der Waals surface area (Å²) in [6, 6.07) is 0. The molecular weight excluding hydrogens is 271 g/mol. The second kappa shape index (κ2) is 5.20. The molecule has 0 heterocycles. The highest BCUT2D eigenvalue weighted by Gasteiger charge is 2.58. The van der Waals surface area contributed by atoms with Crippen molar-refractivity contribution in [1.29, 1.82) is 0 Å². The van der Waals surface area contributed by atoms with Crippen LogP contribution in [0.4, 0.5) is 0 Å². The van der Waals surface area contributed by atoms with Gasteiger partial charge in [-0.25, -0.2) is 0 Å². The van der Waals surface area contributed by atoms with Crippen LogP contribution in [0.1, 0.15) is 46.5 Å². The van der Waals surface area contributed by atoms with Crippen molar-refractivity contribution in [2.24, 2.45) is 23.7 Å². The first-order valence-electron chi connectivity index (χ1n) is 6.89. The van der Waals surface area contributed by atoms with Crippen LogP contribution in [0.3, 0.4) is 0 Å². The maximum atomic E-state index is 12.0. The standard InChI is InChI=1S/C14H22Cl2O2/c1-8(2)10-5-4-9(3)6-12(10)18-13(17)11-7-14(11,15)16/h8-12H,4-7H2,1-3H3/t9-,10+,11+,12-/m1/s1. The van der Waals surface area contributed by atoms with Gasteiger partial charge in [-0.15, -0.1) is 23.2 Å². The number of esters is 1. The van der Waals surface area contributed by atoms with Crippen molar-refractivity contribution in [1.82, 2.24) is 0 Å². The average Bonchev–Trinajstić information content (AvgIpc) is 2.87. The molecule has 2 aliphatic rings. The lowest BCUT2D eigenvalue weighted by molar-refractivity contribution is -0.157. The summed E-state index contributed by atoms with van der Waals surface area (Å²) in [6.07, 6.45) is 3.93. The molecule has 0 bridgehead atoms. The molecule has 0 aliphatic heterocycles. The van der Waals surface area contributed by atoms with Gasteiger partial charge in [0.1, 0.15) is 10.4 Å². The second-order valence-electron chi connectivity index (χ2n) is 6.32. The van der Waals surface area contributed by atoms with Crippen LogP contribution in [0.25, 0.3) is 0 Å². The van der Waals surface area contributed by atoms with Gasteiger partial charge in [0.2, 0.25) is 0 Å². The molecule has 104 valence electrons. The van der Waals surface area contributed by atoms with Crippen molar-refractivity contribution in [2.45, 2.75) is 56.9 Å². The molecule has 0 aromatic rings. The first kappa shape index (κ1) is 14.5. The van der Waals surface area contributed by atoms with E-state index in [0.29, 0.717) is 24.2 Å². The average molecular weight is 293 g/mol. The minimum Gasteiger partial charge on any atom is -0.462 e. The van der Waals surface area contributed by atoms with Crippen LogP contribution < -0.4 is 0 Å². The number of alkyl halides is 2. The number of ether oxygens (including phenoxy) is 1. The van der Waals surface area contributed by atoms with Crippen molar-refractivity contribution < 1.29 is 9.53 Å². The van der Waals surface area contributed by atoms with Gasteiger partial charge in [0, 0.05) is 0 Å².